The molecule has 0 saturated heterocycles. The Morgan fingerprint density at radius 3 is 2.41 bits per heavy atom. The van der Waals surface area contributed by atoms with Crippen LogP contribution in [0.3, 0.4) is 0 Å². The Kier molecular flexibility index (Phi) is 4.70. The smallest absolute Gasteiger partial charge is 0.226 e. The summed E-state index contributed by atoms with van der Waals surface area (Å²) >= 11 is 0. The van der Waals surface area contributed by atoms with Gasteiger partial charge in [0, 0.05) is 5.41 Å². The maximum absolute atomic E-state index is 12.0. The number of aliphatic hydroxyl groups is 1. The quantitative estimate of drug-likeness (QED) is 0.822. The largest absolute Gasteiger partial charge is 0.394 e. The number of hydrogen-bond acceptors (Lipinski definition) is 2. The molecule has 0 aliphatic carbocycles. The maximum atomic E-state index is 12.0. The zero-order valence-electron chi connectivity index (χ0n) is 10.7. The summed E-state index contributed by atoms with van der Waals surface area (Å²) < 4.78 is 0. The summed E-state index contributed by atoms with van der Waals surface area (Å²) in [6.45, 7) is 5.70. The van der Waals surface area contributed by atoms with E-state index in [1.54, 1.807) is 0 Å². The molecule has 17 heavy (non-hydrogen) atoms. The predicted molar refractivity (Wildman–Crippen MR) is 68.5 cm³/mol. The molecular weight excluding hydrogens is 214 g/mol. The third-order valence-corrected chi connectivity index (χ3v) is 3.19. The van der Waals surface area contributed by atoms with Crippen molar-refractivity contribution in [2.24, 2.45) is 5.41 Å². The first-order valence-electron chi connectivity index (χ1n) is 5.98. The Morgan fingerprint density at radius 2 is 1.94 bits per heavy atom. The maximum Gasteiger partial charge on any atom is 0.226 e. The summed E-state index contributed by atoms with van der Waals surface area (Å²) in [5, 5.41) is 12.2. The summed E-state index contributed by atoms with van der Waals surface area (Å²) in [7, 11) is 0. The van der Waals surface area contributed by atoms with Crippen molar-refractivity contribution in [2.75, 3.05) is 6.61 Å². The van der Waals surface area contributed by atoms with Gasteiger partial charge in [0.15, 0.2) is 0 Å². The fourth-order valence-corrected chi connectivity index (χ4v) is 1.43. The number of amides is 1. The predicted octanol–water partition coefficient (Wildman–Crippen LogP) is 2.27. The zero-order chi connectivity index (χ0) is 12.9. The highest BCUT2D eigenvalue weighted by molar-refractivity contribution is 5.82. The molecule has 0 unspecified atom stereocenters. The number of hydrogen-bond donors (Lipinski definition) is 2. The van der Waals surface area contributed by atoms with Crippen LogP contribution in [0.4, 0.5) is 0 Å². The molecule has 0 aliphatic heterocycles. The highest BCUT2D eigenvalue weighted by Gasteiger charge is 2.27. The summed E-state index contributed by atoms with van der Waals surface area (Å²) in [5.41, 5.74) is 0.526. The molecule has 94 valence electrons. The molecule has 3 nitrogen and oxygen atoms in total. The summed E-state index contributed by atoms with van der Waals surface area (Å²) in [6, 6.07) is 9.19. The molecule has 2 N–H and O–H groups in total. The normalized spacial score (nSPS) is 13.2. The van der Waals surface area contributed by atoms with Gasteiger partial charge in [0.25, 0.3) is 0 Å². The molecular formula is C14H21NO2. The van der Waals surface area contributed by atoms with Crippen molar-refractivity contribution < 1.29 is 9.90 Å². The van der Waals surface area contributed by atoms with E-state index in [-0.39, 0.29) is 18.6 Å². The van der Waals surface area contributed by atoms with Gasteiger partial charge in [0.2, 0.25) is 5.91 Å². The molecule has 3 heteroatoms. The lowest BCUT2D eigenvalue weighted by Crippen LogP contribution is -2.39. The van der Waals surface area contributed by atoms with Crippen molar-refractivity contribution in [3.05, 3.63) is 35.9 Å². The first-order valence-corrected chi connectivity index (χ1v) is 5.98. The minimum absolute atomic E-state index is 0.0251. The standard InChI is InChI=1S/C14H21NO2/c1-4-14(2,3)13(17)15-12(10-16)11-8-6-5-7-9-11/h5-9,12,16H,4,10H2,1-3H3,(H,15,17)/t12-/m0/s1. The molecule has 1 aromatic carbocycles. The van der Waals surface area contributed by atoms with Gasteiger partial charge in [0.05, 0.1) is 12.6 Å². The molecule has 1 atom stereocenters. The molecule has 0 aliphatic rings. The highest BCUT2D eigenvalue weighted by Crippen LogP contribution is 2.22. The Hall–Kier alpha value is -1.35. The van der Waals surface area contributed by atoms with Crippen LogP contribution in [0.25, 0.3) is 0 Å². The number of aliphatic hydroxyl groups excluding tert-OH is 1. The molecule has 1 rings (SSSR count). The van der Waals surface area contributed by atoms with E-state index >= 15 is 0 Å². The van der Waals surface area contributed by atoms with Crippen molar-refractivity contribution in [3.8, 4) is 0 Å². The van der Waals surface area contributed by atoms with Crippen LogP contribution in [-0.4, -0.2) is 17.6 Å². The second-order valence-corrected chi connectivity index (χ2v) is 4.86. The second kappa shape index (κ2) is 5.82. The van der Waals surface area contributed by atoms with Crippen LogP contribution in [0, 0.1) is 5.41 Å². The van der Waals surface area contributed by atoms with E-state index in [0.717, 1.165) is 12.0 Å². The topological polar surface area (TPSA) is 49.3 Å². The lowest BCUT2D eigenvalue weighted by molar-refractivity contribution is -0.130. The Bertz CT molecular complexity index is 360. The molecule has 1 aromatic rings. The molecule has 0 radical (unpaired) electrons. The molecule has 0 spiro atoms. The van der Waals surface area contributed by atoms with E-state index in [0.29, 0.717) is 0 Å². The average Bonchev–Trinajstić information content (AvgIpc) is 2.36. The van der Waals surface area contributed by atoms with Crippen molar-refractivity contribution in [1.29, 1.82) is 0 Å². The van der Waals surface area contributed by atoms with E-state index in [4.69, 9.17) is 0 Å². The van der Waals surface area contributed by atoms with Crippen molar-refractivity contribution in [1.82, 2.24) is 5.32 Å². The summed E-state index contributed by atoms with van der Waals surface area (Å²) in [4.78, 5) is 12.0. The molecule has 0 saturated carbocycles. The number of carbonyl (C=O) groups is 1. The minimum atomic E-state index is -0.401. The summed E-state index contributed by atoms with van der Waals surface area (Å²) in [6.07, 6.45) is 0.770. The highest BCUT2D eigenvalue weighted by atomic mass is 16.3. The molecule has 0 fully saturated rings. The Morgan fingerprint density at radius 1 is 1.35 bits per heavy atom. The van der Waals surface area contributed by atoms with Crippen LogP contribution in [0.5, 0.6) is 0 Å². The number of nitrogens with one attached hydrogen (secondary N) is 1. The number of rotatable bonds is 5. The molecule has 1 amide bonds. The van der Waals surface area contributed by atoms with Gasteiger partial charge in [-0.1, -0.05) is 51.1 Å². The van der Waals surface area contributed by atoms with Crippen molar-refractivity contribution >= 4 is 5.91 Å². The van der Waals surface area contributed by atoms with Gasteiger partial charge in [-0.15, -0.1) is 0 Å². The Balaban J connectivity index is 2.75. The molecule has 0 bridgehead atoms. The summed E-state index contributed by atoms with van der Waals surface area (Å²) in [5.74, 6) is -0.0251. The van der Waals surface area contributed by atoms with E-state index in [2.05, 4.69) is 5.32 Å². The Labute approximate surface area is 103 Å². The van der Waals surface area contributed by atoms with Crippen LogP contribution in [-0.2, 0) is 4.79 Å². The first-order chi connectivity index (χ1) is 8.01. The van der Waals surface area contributed by atoms with Crippen LogP contribution in [0.2, 0.25) is 0 Å². The van der Waals surface area contributed by atoms with Crippen LogP contribution in [0.1, 0.15) is 38.8 Å². The van der Waals surface area contributed by atoms with E-state index in [1.807, 2.05) is 51.1 Å². The fourth-order valence-electron chi connectivity index (χ4n) is 1.43. The van der Waals surface area contributed by atoms with Crippen LogP contribution >= 0.6 is 0 Å². The molecule has 0 heterocycles. The minimum Gasteiger partial charge on any atom is -0.394 e. The lowest BCUT2D eigenvalue weighted by Gasteiger charge is -2.25. The first kappa shape index (κ1) is 13.7. The van der Waals surface area contributed by atoms with Gasteiger partial charge >= 0.3 is 0 Å². The van der Waals surface area contributed by atoms with E-state index < -0.39 is 5.41 Å². The van der Waals surface area contributed by atoms with Gasteiger partial charge in [0.1, 0.15) is 0 Å². The number of carbonyl (C=O) groups excluding carboxylic acids is 1. The van der Waals surface area contributed by atoms with Gasteiger partial charge in [-0.05, 0) is 12.0 Å². The molecule has 0 aromatic heterocycles. The lowest BCUT2D eigenvalue weighted by atomic mass is 9.88. The number of benzene rings is 1. The van der Waals surface area contributed by atoms with Crippen molar-refractivity contribution in [2.45, 2.75) is 33.2 Å². The van der Waals surface area contributed by atoms with E-state index in [1.165, 1.54) is 0 Å². The fraction of sp³-hybridized carbons (Fsp3) is 0.500. The van der Waals surface area contributed by atoms with Crippen LogP contribution < -0.4 is 5.32 Å². The van der Waals surface area contributed by atoms with E-state index in [9.17, 15) is 9.90 Å². The van der Waals surface area contributed by atoms with Crippen LogP contribution in [0.15, 0.2) is 30.3 Å². The SMILES string of the molecule is CCC(C)(C)C(=O)N[C@@H](CO)c1ccccc1. The zero-order valence-corrected chi connectivity index (χ0v) is 10.7. The van der Waals surface area contributed by atoms with Crippen molar-refractivity contribution in [3.63, 3.8) is 0 Å². The average molecular weight is 235 g/mol. The monoisotopic (exact) mass is 235 g/mol. The second-order valence-electron chi connectivity index (χ2n) is 4.86. The van der Waals surface area contributed by atoms with Gasteiger partial charge < -0.3 is 10.4 Å². The van der Waals surface area contributed by atoms with Gasteiger partial charge in [-0.2, -0.15) is 0 Å². The van der Waals surface area contributed by atoms with Gasteiger partial charge in [-0.25, -0.2) is 0 Å². The third-order valence-electron chi connectivity index (χ3n) is 3.19. The van der Waals surface area contributed by atoms with Gasteiger partial charge in [-0.3, -0.25) is 4.79 Å². The third kappa shape index (κ3) is 3.56.